The number of piperazine rings is 1. The molecule has 2 aliphatic rings. The first-order valence-electron chi connectivity index (χ1n) is 9.62. The van der Waals surface area contributed by atoms with E-state index in [1.165, 1.54) is 13.2 Å². The predicted molar refractivity (Wildman–Crippen MR) is 102 cm³/mol. The molecule has 0 aromatic heterocycles. The molecule has 1 aromatic rings. The van der Waals surface area contributed by atoms with Crippen molar-refractivity contribution in [2.75, 3.05) is 53.4 Å². The molecule has 154 valence electrons. The van der Waals surface area contributed by atoms with Crippen LogP contribution in [-0.2, 0) is 16.1 Å². The van der Waals surface area contributed by atoms with Crippen LogP contribution in [0.3, 0.4) is 0 Å². The quantitative estimate of drug-likeness (QED) is 0.809. The number of carboxylic acid groups (broad SMARTS) is 1. The van der Waals surface area contributed by atoms with Crippen LogP contribution in [0.1, 0.15) is 12.0 Å². The van der Waals surface area contributed by atoms with Crippen LogP contribution < -0.4 is 4.74 Å². The zero-order chi connectivity index (χ0) is 20.3. The van der Waals surface area contributed by atoms with Crippen LogP contribution in [-0.4, -0.2) is 85.1 Å². The van der Waals surface area contributed by atoms with Gasteiger partial charge in [0, 0.05) is 51.4 Å². The maximum absolute atomic E-state index is 14.2. The lowest BCUT2D eigenvalue weighted by atomic mass is 9.87. The summed E-state index contributed by atoms with van der Waals surface area (Å²) in [6.45, 7) is 3.95. The highest BCUT2D eigenvalue weighted by Gasteiger charge is 2.37. The number of carbonyl (C=O) groups is 2. The van der Waals surface area contributed by atoms with Gasteiger partial charge in [0.05, 0.1) is 18.9 Å². The second-order valence-corrected chi connectivity index (χ2v) is 7.75. The molecule has 2 aliphatic heterocycles. The second kappa shape index (κ2) is 8.87. The van der Waals surface area contributed by atoms with Gasteiger partial charge in [-0.1, -0.05) is 0 Å². The smallest absolute Gasteiger partial charge is 0.307 e. The Morgan fingerprint density at radius 1 is 1.18 bits per heavy atom. The van der Waals surface area contributed by atoms with Crippen molar-refractivity contribution in [3.05, 3.63) is 29.6 Å². The lowest BCUT2D eigenvalue weighted by Gasteiger charge is -2.39. The zero-order valence-electron chi connectivity index (χ0n) is 16.4. The van der Waals surface area contributed by atoms with Crippen molar-refractivity contribution < 1.29 is 23.8 Å². The van der Waals surface area contributed by atoms with Crippen molar-refractivity contribution >= 4 is 11.9 Å². The zero-order valence-corrected chi connectivity index (χ0v) is 16.4. The van der Waals surface area contributed by atoms with Gasteiger partial charge in [0.2, 0.25) is 5.91 Å². The molecule has 1 amide bonds. The SMILES string of the molecule is COc1ccc(F)c(CN2C[C@@H](C(=O)O)C[C@H](C(=O)N3CCN(C)CC3)C2)c1. The van der Waals surface area contributed by atoms with E-state index in [0.717, 1.165) is 13.1 Å². The third kappa shape index (κ3) is 4.80. The summed E-state index contributed by atoms with van der Waals surface area (Å²) in [5.74, 6) is -1.73. The Labute approximate surface area is 164 Å². The van der Waals surface area contributed by atoms with Crippen molar-refractivity contribution in [2.24, 2.45) is 11.8 Å². The van der Waals surface area contributed by atoms with Crippen LogP contribution in [0.2, 0.25) is 0 Å². The van der Waals surface area contributed by atoms with Crippen LogP contribution in [0.4, 0.5) is 4.39 Å². The van der Waals surface area contributed by atoms with Gasteiger partial charge in [-0.15, -0.1) is 0 Å². The Bertz CT molecular complexity index is 721. The molecule has 0 unspecified atom stereocenters. The van der Waals surface area contributed by atoms with Crippen LogP contribution >= 0.6 is 0 Å². The summed E-state index contributed by atoms with van der Waals surface area (Å²) in [5.41, 5.74) is 0.441. The molecule has 28 heavy (non-hydrogen) atoms. The molecule has 0 saturated carbocycles. The van der Waals surface area contributed by atoms with Crippen molar-refractivity contribution in [1.29, 1.82) is 0 Å². The van der Waals surface area contributed by atoms with E-state index in [2.05, 4.69) is 4.90 Å². The van der Waals surface area contributed by atoms with Gasteiger partial charge in [0.25, 0.3) is 0 Å². The number of likely N-dealkylation sites (tertiary alicyclic amines) is 1. The molecule has 2 saturated heterocycles. The average molecular weight is 393 g/mol. The third-order valence-electron chi connectivity index (χ3n) is 5.69. The topological polar surface area (TPSA) is 73.3 Å². The number of nitrogens with zero attached hydrogens (tertiary/aromatic N) is 3. The van der Waals surface area contributed by atoms with Gasteiger partial charge in [-0.25, -0.2) is 4.39 Å². The third-order valence-corrected chi connectivity index (χ3v) is 5.69. The van der Waals surface area contributed by atoms with Gasteiger partial charge in [-0.3, -0.25) is 14.5 Å². The summed E-state index contributed by atoms with van der Waals surface area (Å²) >= 11 is 0. The average Bonchev–Trinajstić information content (AvgIpc) is 2.69. The van der Waals surface area contributed by atoms with Crippen LogP contribution in [0.25, 0.3) is 0 Å². The van der Waals surface area contributed by atoms with E-state index in [1.807, 2.05) is 16.8 Å². The van der Waals surface area contributed by atoms with Crippen molar-refractivity contribution in [3.63, 3.8) is 0 Å². The molecular weight excluding hydrogens is 365 g/mol. The van der Waals surface area contributed by atoms with Gasteiger partial charge in [-0.2, -0.15) is 0 Å². The van der Waals surface area contributed by atoms with Crippen molar-refractivity contribution in [3.8, 4) is 5.75 Å². The first-order chi connectivity index (χ1) is 13.4. The van der Waals surface area contributed by atoms with Gasteiger partial charge in [0.1, 0.15) is 11.6 Å². The second-order valence-electron chi connectivity index (χ2n) is 7.75. The Hall–Kier alpha value is -2.19. The maximum Gasteiger partial charge on any atom is 0.307 e. The Morgan fingerprint density at radius 3 is 2.50 bits per heavy atom. The monoisotopic (exact) mass is 393 g/mol. The number of hydrogen-bond donors (Lipinski definition) is 1. The molecular formula is C20H28FN3O4. The van der Waals surface area contributed by atoms with Gasteiger partial charge in [0.15, 0.2) is 0 Å². The number of piperidine rings is 1. The highest BCUT2D eigenvalue weighted by atomic mass is 19.1. The van der Waals surface area contributed by atoms with E-state index in [9.17, 15) is 19.1 Å². The Morgan fingerprint density at radius 2 is 1.86 bits per heavy atom. The number of benzene rings is 1. The van der Waals surface area contributed by atoms with E-state index in [0.29, 0.717) is 43.9 Å². The molecule has 2 fully saturated rings. The number of amides is 1. The minimum Gasteiger partial charge on any atom is -0.497 e. The van der Waals surface area contributed by atoms with Crippen molar-refractivity contribution in [2.45, 2.75) is 13.0 Å². The van der Waals surface area contributed by atoms with E-state index >= 15 is 0 Å². The standard InChI is InChI=1S/C20H28FN3O4/c1-22-5-7-24(8-6-22)19(25)15-9-16(20(26)27)13-23(12-15)11-14-10-17(28-2)3-4-18(14)21/h3-4,10,15-16H,5-9,11-13H2,1-2H3,(H,26,27)/t15-,16-/m0/s1. The first-order valence-corrected chi connectivity index (χ1v) is 9.62. The van der Waals surface area contributed by atoms with Crippen LogP contribution in [0.15, 0.2) is 18.2 Å². The first kappa shape index (κ1) is 20.5. The summed E-state index contributed by atoms with van der Waals surface area (Å²) in [5, 5.41) is 9.55. The number of rotatable bonds is 5. The molecule has 7 nitrogen and oxygen atoms in total. The summed E-state index contributed by atoms with van der Waals surface area (Å²) < 4.78 is 19.4. The van der Waals surface area contributed by atoms with Crippen molar-refractivity contribution in [1.82, 2.24) is 14.7 Å². The van der Waals surface area contributed by atoms with Gasteiger partial charge in [-0.05, 0) is 31.7 Å². The fourth-order valence-corrected chi connectivity index (χ4v) is 4.00. The minimum atomic E-state index is -0.910. The predicted octanol–water partition coefficient (Wildman–Crippen LogP) is 1.13. The molecule has 1 aromatic carbocycles. The number of likely N-dealkylation sites (N-methyl/N-ethyl adjacent to an activating group) is 1. The highest BCUT2D eigenvalue weighted by molar-refractivity contribution is 5.80. The molecule has 0 spiro atoms. The minimum absolute atomic E-state index is 0.00941. The molecule has 0 bridgehead atoms. The summed E-state index contributed by atoms with van der Waals surface area (Å²) in [6, 6.07) is 4.52. The molecule has 8 heteroatoms. The van der Waals surface area contributed by atoms with Crippen LogP contribution in [0.5, 0.6) is 5.75 Å². The Kier molecular flexibility index (Phi) is 6.51. The lowest BCUT2D eigenvalue weighted by Crippen LogP contribution is -2.53. The molecule has 0 aliphatic carbocycles. The number of halogens is 1. The van der Waals surface area contributed by atoms with E-state index in [1.54, 1.807) is 12.1 Å². The van der Waals surface area contributed by atoms with Gasteiger partial charge < -0.3 is 19.6 Å². The summed E-state index contributed by atoms with van der Waals surface area (Å²) in [6.07, 6.45) is 0.331. The summed E-state index contributed by atoms with van der Waals surface area (Å²) in [4.78, 5) is 30.5. The number of carbonyl (C=O) groups excluding carboxylic acids is 1. The maximum atomic E-state index is 14.2. The van der Waals surface area contributed by atoms with E-state index in [4.69, 9.17) is 4.74 Å². The number of ether oxygens (including phenoxy) is 1. The number of aliphatic carboxylic acids is 1. The lowest BCUT2D eigenvalue weighted by molar-refractivity contribution is -0.148. The van der Waals surface area contributed by atoms with Crippen LogP contribution in [0, 0.1) is 17.7 Å². The molecule has 2 atom stereocenters. The normalized spacial score (nSPS) is 24.2. The fourth-order valence-electron chi connectivity index (χ4n) is 4.00. The fraction of sp³-hybridized carbons (Fsp3) is 0.600. The number of carboxylic acids is 1. The molecule has 2 heterocycles. The molecule has 3 rings (SSSR count). The largest absolute Gasteiger partial charge is 0.497 e. The molecule has 0 radical (unpaired) electrons. The number of hydrogen-bond acceptors (Lipinski definition) is 5. The van der Waals surface area contributed by atoms with Gasteiger partial charge >= 0.3 is 5.97 Å². The highest BCUT2D eigenvalue weighted by Crippen LogP contribution is 2.27. The Balaban J connectivity index is 1.73. The van der Waals surface area contributed by atoms with E-state index < -0.39 is 11.9 Å². The van der Waals surface area contributed by atoms with E-state index in [-0.39, 0.29) is 24.2 Å². The molecule has 1 N–H and O–H groups in total. The summed E-state index contributed by atoms with van der Waals surface area (Å²) in [7, 11) is 3.54. The number of methoxy groups -OCH3 is 1.